The molecule has 1 rings (SSSR count). The van der Waals surface area contributed by atoms with Gasteiger partial charge in [-0.05, 0) is 6.92 Å². The topological polar surface area (TPSA) is 68.3 Å². The summed E-state index contributed by atoms with van der Waals surface area (Å²) in [7, 11) is 0. The van der Waals surface area contributed by atoms with Gasteiger partial charge in [-0.2, -0.15) is 0 Å². The van der Waals surface area contributed by atoms with E-state index >= 15 is 0 Å². The second-order valence-electron chi connectivity index (χ2n) is 3.87. The third-order valence-corrected chi connectivity index (χ3v) is 3.04. The fourth-order valence-corrected chi connectivity index (χ4v) is 2.29. The highest BCUT2D eigenvalue weighted by Crippen LogP contribution is 2.21. The van der Waals surface area contributed by atoms with E-state index in [1.54, 1.807) is 12.4 Å². The first kappa shape index (κ1) is 15.2. The number of nitrogens with zero attached hydrogens (tertiary/aromatic N) is 1. The average Bonchev–Trinajstić information content (AvgIpc) is 2.83. The molecule has 0 radical (unpaired) electrons. The molecule has 1 aromatic heterocycles. The van der Waals surface area contributed by atoms with E-state index in [2.05, 4.69) is 16.2 Å². The molecule has 6 heteroatoms. The highest BCUT2D eigenvalue weighted by atomic mass is 32.1. The van der Waals surface area contributed by atoms with Gasteiger partial charge in [0.05, 0.1) is 36.2 Å². The van der Waals surface area contributed by atoms with Crippen molar-refractivity contribution in [3.63, 3.8) is 0 Å². The first-order chi connectivity index (χ1) is 9.08. The summed E-state index contributed by atoms with van der Waals surface area (Å²) >= 11 is 1.41. The minimum absolute atomic E-state index is 0.0276. The largest absolute Gasteiger partial charge is 0.466 e. The van der Waals surface area contributed by atoms with Crippen molar-refractivity contribution in [3.8, 4) is 12.3 Å². The Kier molecular flexibility index (Phi) is 6.03. The van der Waals surface area contributed by atoms with Crippen LogP contribution in [0, 0.1) is 12.3 Å². The van der Waals surface area contributed by atoms with Crippen molar-refractivity contribution in [1.29, 1.82) is 0 Å². The van der Waals surface area contributed by atoms with Crippen molar-refractivity contribution in [2.75, 3.05) is 6.61 Å². The van der Waals surface area contributed by atoms with Crippen LogP contribution in [0.15, 0.2) is 10.9 Å². The number of aromatic nitrogens is 1. The molecule has 0 aliphatic rings. The number of carbonyl (C=O) groups excluding carboxylic acids is 2. The molecule has 1 N–H and O–H groups in total. The van der Waals surface area contributed by atoms with E-state index in [9.17, 15) is 9.59 Å². The predicted molar refractivity (Wildman–Crippen MR) is 72.5 cm³/mol. The monoisotopic (exact) mass is 280 g/mol. The van der Waals surface area contributed by atoms with Crippen molar-refractivity contribution in [2.45, 2.75) is 32.2 Å². The Morgan fingerprint density at radius 2 is 2.37 bits per heavy atom. The second kappa shape index (κ2) is 7.54. The molecule has 0 unspecified atom stereocenters. The molecule has 0 fully saturated rings. The lowest BCUT2D eigenvalue weighted by Crippen LogP contribution is -2.39. The summed E-state index contributed by atoms with van der Waals surface area (Å²) in [5.41, 5.74) is 2.34. The number of nitrogens with one attached hydrogen (secondary N) is 1. The standard InChI is InChI=1S/C13H16N2O3S/c1-4-10(12-7-19-8-14-12)11(15-9(3)16)6-13(17)18-5-2/h1,7-8,10-11H,5-6H2,2-3H3,(H,15,16)/t10-,11+/m0/s1. The van der Waals surface area contributed by atoms with E-state index in [1.807, 2.05) is 5.38 Å². The van der Waals surface area contributed by atoms with Gasteiger partial charge in [0.2, 0.25) is 5.91 Å². The molecule has 0 saturated carbocycles. The number of thiazole rings is 1. The molecule has 0 bridgehead atoms. The highest BCUT2D eigenvalue weighted by Gasteiger charge is 2.26. The fourth-order valence-electron chi connectivity index (χ4n) is 1.70. The van der Waals surface area contributed by atoms with E-state index in [-0.39, 0.29) is 12.3 Å². The van der Waals surface area contributed by atoms with Gasteiger partial charge < -0.3 is 10.1 Å². The number of amides is 1. The Balaban J connectivity index is 2.85. The quantitative estimate of drug-likeness (QED) is 0.630. The molecule has 1 heterocycles. The normalized spacial score (nSPS) is 13.1. The Bertz CT molecular complexity index is 465. The molecule has 1 aromatic rings. The van der Waals surface area contributed by atoms with Gasteiger partial charge in [-0.1, -0.05) is 5.92 Å². The average molecular weight is 280 g/mol. The summed E-state index contributed by atoms with van der Waals surface area (Å²) in [6.45, 7) is 3.40. The van der Waals surface area contributed by atoms with Crippen LogP contribution < -0.4 is 5.32 Å². The van der Waals surface area contributed by atoms with Gasteiger partial charge in [-0.3, -0.25) is 9.59 Å². The zero-order chi connectivity index (χ0) is 14.3. The van der Waals surface area contributed by atoms with Crippen LogP contribution in [0.5, 0.6) is 0 Å². The SMILES string of the molecule is C#C[C@H](c1cscn1)[C@@H](CC(=O)OCC)NC(C)=O. The lowest BCUT2D eigenvalue weighted by Gasteiger charge is -2.21. The van der Waals surface area contributed by atoms with Crippen LogP contribution in [0.4, 0.5) is 0 Å². The van der Waals surface area contributed by atoms with Crippen LogP contribution >= 0.6 is 11.3 Å². The van der Waals surface area contributed by atoms with E-state index in [0.717, 1.165) is 0 Å². The number of terminal acetylenes is 1. The number of esters is 1. The third kappa shape index (κ3) is 4.72. The summed E-state index contributed by atoms with van der Waals surface area (Å²) in [4.78, 5) is 26.9. The molecule has 0 aliphatic carbocycles. The summed E-state index contributed by atoms with van der Waals surface area (Å²) < 4.78 is 4.89. The van der Waals surface area contributed by atoms with Gasteiger partial charge in [0.25, 0.3) is 0 Å². The van der Waals surface area contributed by atoms with Gasteiger partial charge in [0, 0.05) is 12.3 Å². The van der Waals surface area contributed by atoms with E-state index < -0.39 is 17.9 Å². The summed E-state index contributed by atoms with van der Waals surface area (Å²) in [6, 6.07) is -0.511. The molecular formula is C13H16N2O3S. The molecule has 0 spiro atoms. The Morgan fingerprint density at radius 1 is 1.63 bits per heavy atom. The van der Waals surface area contributed by atoms with E-state index in [0.29, 0.717) is 12.3 Å². The Morgan fingerprint density at radius 3 is 2.84 bits per heavy atom. The van der Waals surface area contributed by atoms with E-state index in [1.165, 1.54) is 18.3 Å². The Labute approximate surface area is 116 Å². The number of hydrogen-bond acceptors (Lipinski definition) is 5. The summed E-state index contributed by atoms with van der Waals surface area (Å²) in [6.07, 6.45) is 5.53. The molecule has 5 nitrogen and oxygen atoms in total. The smallest absolute Gasteiger partial charge is 0.307 e. The van der Waals surface area contributed by atoms with Crippen molar-refractivity contribution in [2.24, 2.45) is 0 Å². The number of hydrogen-bond donors (Lipinski definition) is 1. The van der Waals surface area contributed by atoms with Crippen LogP contribution in [-0.2, 0) is 14.3 Å². The van der Waals surface area contributed by atoms with Gasteiger partial charge in [-0.15, -0.1) is 17.8 Å². The zero-order valence-electron chi connectivity index (χ0n) is 10.9. The van der Waals surface area contributed by atoms with Gasteiger partial charge in [0.15, 0.2) is 0 Å². The van der Waals surface area contributed by atoms with Crippen LogP contribution in [0.25, 0.3) is 0 Å². The lowest BCUT2D eigenvalue weighted by molar-refractivity contribution is -0.143. The Hall–Kier alpha value is -1.87. The van der Waals surface area contributed by atoms with Crippen molar-refractivity contribution >= 4 is 23.2 Å². The summed E-state index contributed by atoms with van der Waals surface area (Å²) in [5.74, 6) is 1.50. The lowest BCUT2D eigenvalue weighted by atomic mass is 9.95. The van der Waals surface area contributed by atoms with Crippen LogP contribution in [0.3, 0.4) is 0 Å². The maximum absolute atomic E-state index is 11.6. The number of carbonyl (C=O) groups is 2. The molecule has 2 atom stereocenters. The fraction of sp³-hybridized carbons (Fsp3) is 0.462. The van der Waals surface area contributed by atoms with E-state index in [4.69, 9.17) is 11.2 Å². The number of rotatable bonds is 6. The van der Waals surface area contributed by atoms with Crippen molar-refractivity contribution < 1.29 is 14.3 Å². The van der Waals surface area contributed by atoms with Crippen molar-refractivity contribution in [3.05, 3.63) is 16.6 Å². The number of ether oxygens (including phenoxy) is 1. The molecule has 102 valence electrons. The molecule has 1 amide bonds. The molecule has 0 aromatic carbocycles. The van der Waals surface area contributed by atoms with Gasteiger partial charge >= 0.3 is 5.97 Å². The molecule has 0 saturated heterocycles. The minimum atomic E-state index is -0.511. The van der Waals surface area contributed by atoms with Gasteiger partial charge in [0.1, 0.15) is 0 Å². The zero-order valence-corrected chi connectivity index (χ0v) is 11.7. The second-order valence-corrected chi connectivity index (χ2v) is 4.59. The molecule has 19 heavy (non-hydrogen) atoms. The predicted octanol–water partition coefficient (Wildman–Crippen LogP) is 1.32. The maximum atomic E-state index is 11.6. The maximum Gasteiger partial charge on any atom is 0.307 e. The minimum Gasteiger partial charge on any atom is -0.466 e. The van der Waals surface area contributed by atoms with Crippen LogP contribution in [-0.4, -0.2) is 29.5 Å². The molecular weight excluding hydrogens is 264 g/mol. The highest BCUT2D eigenvalue weighted by molar-refractivity contribution is 7.07. The first-order valence-electron chi connectivity index (χ1n) is 5.85. The van der Waals surface area contributed by atoms with Crippen LogP contribution in [0.2, 0.25) is 0 Å². The first-order valence-corrected chi connectivity index (χ1v) is 6.79. The summed E-state index contributed by atoms with van der Waals surface area (Å²) in [5, 5.41) is 4.50. The van der Waals surface area contributed by atoms with Crippen LogP contribution in [0.1, 0.15) is 31.9 Å². The third-order valence-electron chi connectivity index (χ3n) is 2.43. The van der Waals surface area contributed by atoms with Crippen molar-refractivity contribution in [1.82, 2.24) is 10.3 Å². The van der Waals surface area contributed by atoms with Gasteiger partial charge in [-0.25, -0.2) is 4.98 Å². The molecule has 0 aliphatic heterocycles.